The summed E-state index contributed by atoms with van der Waals surface area (Å²) in [6.45, 7) is 5.82. The summed E-state index contributed by atoms with van der Waals surface area (Å²) in [5.74, 6) is 0.455. The molecule has 2 amide bonds. The summed E-state index contributed by atoms with van der Waals surface area (Å²) < 4.78 is 0. The predicted molar refractivity (Wildman–Crippen MR) is 66.3 cm³/mol. The Bertz CT molecular complexity index is 279. The van der Waals surface area contributed by atoms with Gasteiger partial charge in [-0.05, 0) is 12.3 Å². The van der Waals surface area contributed by atoms with Gasteiger partial charge in [-0.3, -0.25) is 9.59 Å². The Kier molecular flexibility index (Phi) is 5.41. The van der Waals surface area contributed by atoms with Gasteiger partial charge in [-0.15, -0.1) is 0 Å². The normalized spacial score (nSPS) is 19.8. The third-order valence-corrected chi connectivity index (χ3v) is 2.83. The van der Waals surface area contributed by atoms with E-state index in [1.165, 1.54) is 0 Å². The Morgan fingerprint density at radius 3 is 2.71 bits per heavy atom. The van der Waals surface area contributed by atoms with Gasteiger partial charge in [0.15, 0.2) is 0 Å². The number of hydrogen-bond acceptors (Lipinski definition) is 3. The van der Waals surface area contributed by atoms with Crippen LogP contribution in [-0.2, 0) is 9.59 Å². The maximum Gasteiger partial charge on any atom is 0.224 e. The van der Waals surface area contributed by atoms with Crippen LogP contribution in [0, 0.1) is 5.92 Å². The van der Waals surface area contributed by atoms with E-state index in [4.69, 9.17) is 5.73 Å². The average Bonchev–Trinajstić information content (AvgIpc) is 2.63. The Morgan fingerprint density at radius 2 is 2.18 bits per heavy atom. The van der Waals surface area contributed by atoms with Crippen LogP contribution in [0.5, 0.6) is 0 Å². The van der Waals surface area contributed by atoms with Crippen LogP contribution >= 0.6 is 0 Å². The fraction of sp³-hybridized carbons (Fsp3) is 0.833. The highest BCUT2D eigenvalue weighted by Crippen LogP contribution is 2.08. The number of rotatable bonds is 5. The first-order chi connectivity index (χ1) is 7.99. The van der Waals surface area contributed by atoms with Crippen molar-refractivity contribution in [3.05, 3.63) is 0 Å². The Morgan fingerprint density at radius 1 is 1.47 bits per heavy atom. The van der Waals surface area contributed by atoms with Crippen molar-refractivity contribution in [3.8, 4) is 0 Å². The summed E-state index contributed by atoms with van der Waals surface area (Å²) in [6, 6.07) is 0.120. The minimum Gasteiger partial charge on any atom is -0.356 e. The minimum absolute atomic E-state index is 0.0194. The second kappa shape index (κ2) is 6.59. The van der Waals surface area contributed by atoms with Crippen LogP contribution in [0.4, 0.5) is 0 Å². The molecule has 5 nitrogen and oxygen atoms in total. The molecule has 0 spiro atoms. The molecule has 17 heavy (non-hydrogen) atoms. The molecule has 0 bridgehead atoms. The van der Waals surface area contributed by atoms with Gasteiger partial charge in [-0.2, -0.15) is 0 Å². The molecule has 3 N–H and O–H groups in total. The van der Waals surface area contributed by atoms with Crippen LogP contribution in [0.15, 0.2) is 0 Å². The zero-order chi connectivity index (χ0) is 12.8. The van der Waals surface area contributed by atoms with Gasteiger partial charge in [0.2, 0.25) is 11.8 Å². The first-order valence-electron chi connectivity index (χ1n) is 6.29. The molecule has 5 heteroatoms. The second-order valence-corrected chi connectivity index (χ2v) is 5.09. The van der Waals surface area contributed by atoms with Gasteiger partial charge in [-0.25, -0.2) is 0 Å². The molecule has 0 aromatic heterocycles. The molecule has 0 radical (unpaired) electrons. The minimum atomic E-state index is 0.0194. The van der Waals surface area contributed by atoms with Gasteiger partial charge < -0.3 is 16.0 Å². The van der Waals surface area contributed by atoms with E-state index in [0.717, 1.165) is 13.0 Å². The lowest BCUT2D eigenvalue weighted by molar-refractivity contribution is -0.130. The molecule has 0 aromatic carbocycles. The summed E-state index contributed by atoms with van der Waals surface area (Å²) in [5, 5.41) is 2.76. The molecule has 98 valence electrons. The largest absolute Gasteiger partial charge is 0.356 e. The highest BCUT2D eigenvalue weighted by atomic mass is 16.2. The summed E-state index contributed by atoms with van der Waals surface area (Å²) in [7, 11) is 0. The Labute approximate surface area is 103 Å². The number of nitrogens with two attached hydrogens (primary N) is 1. The number of likely N-dealkylation sites (tertiary alicyclic amines) is 1. The van der Waals surface area contributed by atoms with E-state index in [2.05, 4.69) is 5.32 Å². The molecule has 1 heterocycles. The number of hydrogen-bond donors (Lipinski definition) is 2. The molecule has 1 fully saturated rings. The lowest BCUT2D eigenvalue weighted by Crippen LogP contribution is -2.35. The fourth-order valence-corrected chi connectivity index (χ4v) is 1.92. The molecule has 0 unspecified atom stereocenters. The van der Waals surface area contributed by atoms with E-state index < -0.39 is 0 Å². The lowest BCUT2D eigenvalue weighted by atomic mass is 10.1. The Hall–Kier alpha value is -1.10. The van der Waals surface area contributed by atoms with Crippen LogP contribution in [0.25, 0.3) is 0 Å². The third-order valence-electron chi connectivity index (χ3n) is 2.83. The maximum absolute atomic E-state index is 11.7. The zero-order valence-electron chi connectivity index (χ0n) is 10.7. The van der Waals surface area contributed by atoms with E-state index in [9.17, 15) is 9.59 Å². The van der Waals surface area contributed by atoms with Crippen molar-refractivity contribution in [3.63, 3.8) is 0 Å². The van der Waals surface area contributed by atoms with Gasteiger partial charge in [0.25, 0.3) is 0 Å². The van der Waals surface area contributed by atoms with Crippen LogP contribution in [0.1, 0.15) is 33.1 Å². The van der Waals surface area contributed by atoms with Gasteiger partial charge in [0.05, 0.1) is 0 Å². The highest BCUT2D eigenvalue weighted by molar-refractivity contribution is 5.79. The lowest BCUT2D eigenvalue weighted by Gasteiger charge is -2.15. The van der Waals surface area contributed by atoms with Crippen molar-refractivity contribution in [1.29, 1.82) is 0 Å². The second-order valence-electron chi connectivity index (χ2n) is 5.09. The highest BCUT2D eigenvalue weighted by Gasteiger charge is 2.22. The molecule has 1 rings (SSSR count). The van der Waals surface area contributed by atoms with Crippen LogP contribution in [0.3, 0.4) is 0 Å². The summed E-state index contributed by atoms with van der Waals surface area (Å²) in [4.78, 5) is 24.8. The molecule has 0 saturated carbocycles. The number of nitrogens with zero attached hydrogens (tertiary/aromatic N) is 1. The average molecular weight is 241 g/mol. The van der Waals surface area contributed by atoms with E-state index >= 15 is 0 Å². The summed E-state index contributed by atoms with van der Waals surface area (Å²) in [5.41, 5.74) is 5.73. The fourth-order valence-electron chi connectivity index (χ4n) is 1.92. The maximum atomic E-state index is 11.7. The summed E-state index contributed by atoms with van der Waals surface area (Å²) in [6.07, 6.45) is 1.77. The van der Waals surface area contributed by atoms with Crippen LogP contribution in [0.2, 0.25) is 0 Å². The standard InChI is InChI=1S/C12H23N3O2/c1-9(2)7-11(16)14-5-3-12(17)15-6-4-10(13)8-15/h9-10H,3-8,13H2,1-2H3,(H,14,16)/t10-/m1/s1. The van der Waals surface area contributed by atoms with Crippen LogP contribution < -0.4 is 11.1 Å². The van der Waals surface area contributed by atoms with Gasteiger partial charge in [0.1, 0.15) is 0 Å². The third kappa shape index (κ3) is 5.17. The molecule has 1 aliphatic heterocycles. The predicted octanol–water partition coefficient (Wildman–Crippen LogP) is 0.0984. The molecule has 0 aromatic rings. The van der Waals surface area contributed by atoms with Crippen molar-refractivity contribution >= 4 is 11.8 Å². The van der Waals surface area contributed by atoms with Crippen molar-refractivity contribution in [2.45, 2.75) is 39.2 Å². The molecular weight excluding hydrogens is 218 g/mol. The first kappa shape index (κ1) is 14.0. The first-order valence-corrected chi connectivity index (χ1v) is 6.29. The monoisotopic (exact) mass is 241 g/mol. The number of amides is 2. The number of nitrogens with one attached hydrogen (secondary N) is 1. The molecular formula is C12H23N3O2. The van der Waals surface area contributed by atoms with E-state index in [1.54, 1.807) is 4.90 Å². The Balaban J connectivity index is 2.14. The van der Waals surface area contributed by atoms with E-state index in [0.29, 0.717) is 31.8 Å². The van der Waals surface area contributed by atoms with E-state index in [-0.39, 0.29) is 17.9 Å². The van der Waals surface area contributed by atoms with Gasteiger partial charge in [-0.1, -0.05) is 13.8 Å². The van der Waals surface area contributed by atoms with E-state index in [1.807, 2.05) is 13.8 Å². The molecule has 1 saturated heterocycles. The van der Waals surface area contributed by atoms with Gasteiger partial charge in [0, 0.05) is 38.5 Å². The quantitative estimate of drug-likeness (QED) is 0.716. The number of carbonyl (C=O) groups is 2. The molecule has 1 aliphatic rings. The molecule has 1 atom stereocenters. The molecule has 0 aliphatic carbocycles. The zero-order valence-corrected chi connectivity index (χ0v) is 10.7. The number of carbonyl (C=O) groups excluding carboxylic acids is 2. The van der Waals surface area contributed by atoms with Crippen molar-refractivity contribution in [2.24, 2.45) is 11.7 Å². The van der Waals surface area contributed by atoms with Crippen LogP contribution in [-0.4, -0.2) is 42.4 Å². The SMILES string of the molecule is CC(C)CC(=O)NCCC(=O)N1CC[C@@H](N)C1. The van der Waals surface area contributed by atoms with Crippen molar-refractivity contribution in [1.82, 2.24) is 10.2 Å². The smallest absolute Gasteiger partial charge is 0.224 e. The topological polar surface area (TPSA) is 75.4 Å². The van der Waals surface area contributed by atoms with Crippen molar-refractivity contribution in [2.75, 3.05) is 19.6 Å². The van der Waals surface area contributed by atoms with Gasteiger partial charge >= 0.3 is 0 Å². The summed E-state index contributed by atoms with van der Waals surface area (Å²) >= 11 is 0. The van der Waals surface area contributed by atoms with Crippen molar-refractivity contribution < 1.29 is 9.59 Å².